The number of carbonyl (C=O) groups is 2. The Hall–Kier alpha value is -1.93. The van der Waals surface area contributed by atoms with Crippen molar-refractivity contribution in [3.63, 3.8) is 0 Å². The molecule has 0 bridgehead atoms. The zero-order chi connectivity index (χ0) is 16.8. The van der Waals surface area contributed by atoms with Crippen molar-refractivity contribution in [2.75, 3.05) is 6.61 Å². The number of carbonyl (C=O) groups excluding carboxylic acids is 2. The minimum Gasteiger partial charge on any atom is -0.460 e. The van der Waals surface area contributed by atoms with Gasteiger partial charge in [-0.15, -0.1) is 0 Å². The van der Waals surface area contributed by atoms with E-state index < -0.39 is 34.6 Å². The number of hydrogen-bond acceptors (Lipinski definition) is 6. The normalized spacial score (nSPS) is 12.7. The van der Waals surface area contributed by atoms with Gasteiger partial charge in [0.2, 0.25) is 10.0 Å². The molecule has 8 heteroatoms. The highest BCUT2D eigenvalue weighted by Crippen LogP contribution is 2.08. The third-order valence-corrected chi connectivity index (χ3v) is 4.00. The molecule has 0 radical (unpaired) electrons. The van der Waals surface area contributed by atoms with Crippen molar-refractivity contribution in [3.8, 4) is 0 Å². The maximum absolute atomic E-state index is 12.0. The summed E-state index contributed by atoms with van der Waals surface area (Å²) in [6.45, 7) is 4.09. The molecular weight excluding hydrogens is 310 g/mol. The first kappa shape index (κ1) is 18.1. The molecule has 7 nitrogen and oxygen atoms in total. The van der Waals surface area contributed by atoms with E-state index in [-0.39, 0.29) is 11.0 Å². The number of nitrogens with one attached hydrogen (secondary N) is 1. The van der Waals surface area contributed by atoms with E-state index in [4.69, 9.17) is 9.47 Å². The zero-order valence-corrected chi connectivity index (χ0v) is 13.4. The second-order valence-corrected chi connectivity index (χ2v) is 6.52. The van der Waals surface area contributed by atoms with E-state index in [1.807, 2.05) is 0 Å². The van der Waals surface area contributed by atoms with Crippen LogP contribution in [0.5, 0.6) is 0 Å². The van der Waals surface area contributed by atoms with Crippen LogP contribution in [0.15, 0.2) is 35.2 Å². The average Bonchev–Trinajstić information content (AvgIpc) is 2.44. The van der Waals surface area contributed by atoms with Crippen LogP contribution in [0, 0.1) is 0 Å². The van der Waals surface area contributed by atoms with Crippen molar-refractivity contribution >= 4 is 22.0 Å². The molecule has 1 aromatic rings. The molecule has 0 aromatic heterocycles. The Balaban J connectivity index is 2.56. The lowest BCUT2D eigenvalue weighted by Gasteiger charge is -2.14. The molecule has 1 N–H and O–H groups in total. The maximum atomic E-state index is 12.0. The zero-order valence-electron chi connectivity index (χ0n) is 12.6. The molecule has 0 saturated heterocycles. The van der Waals surface area contributed by atoms with Crippen molar-refractivity contribution in [2.24, 2.45) is 0 Å². The van der Waals surface area contributed by atoms with Crippen molar-refractivity contribution in [1.29, 1.82) is 0 Å². The summed E-state index contributed by atoms with van der Waals surface area (Å²) in [7, 11) is -3.83. The topological polar surface area (TPSA) is 98.8 Å². The van der Waals surface area contributed by atoms with Gasteiger partial charge in [-0.3, -0.25) is 4.79 Å². The number of hydrogen-bond donors (Lipinski definition) is 1. The first-order chi connectivity index (χ1) is 10.2. The van der Waals surface area contributed by atoms with Gasteiger partial charge in [0.15, 0.2) is 6.61 Å². The van der Waals surface area contributed by atoms with Crippen molar-refractivity contribution in [1.82, 2.24) is 4.72 Å². The quantitative estimate of drug-likeness (QED) is 0.745. The van der Waals surface area contributed by atoms with E-state index in [0.29, 0.717) is 0 Å². The van der Waals surface area contributed by atoms with Crippen molar-refractivity contribution in [2.45, 2.75) is 37.8 Å². The Morgan fingerprint density at radius 1 is 1.14 bits per heavy atom. The van der Waals surface area contributed by atoms with Gasteiger partial charge in [-0.1, -0.05) is 18.2 Å². The molecule has 0 saturated carbocycles. The molecule has 0 fully saturated rings. The van der Waals surface area contributed by atoms with Crippen LogP contribution in [0.4, 0.5) is 0 Å². The molecule has 1 aromatic carbocycles. The maximum Gasteiger partial charge on any atom is 0.344 e. The summed E-state index contributed by atoms with van der Waals surface area (Å²) >= 11 is 0. The molecule has 122 valence electrons. The van der Waals surface area contributed by atoms with Gasteiger partial charge in [-0.25, -0.2) is 13.2 Å². The lowest BCUT2D eigenvalue weighted by Crippen LogP contribution is -2.40. The number of esters is 2. The van der Waals surface area contributed by atoms with Gasteiger partial charge in [0.25, 0.3) is 0 Å². The Labute approximate surface area is 129 Å². The third kappa shape index (κ3) is 5.82. The van der Waals surface area contributed by atoms with Crippen LogP contribution >= 0.6 is 0 Å². The molecule has 0 aliphatic carbocycles. The SMILES string of the molecule is CC(C)OC(=O)COC(=O)[C@H](C)NS(=O)(=O)c1ccccc1. The molecule has 1 atom stereocenters. The summed E-state index contributed by atoms with van der Waals surface area (Å²) in [6, 6.07) is 6.49. The van der Waals surface area contributed by atoms with E-state index in [0.717, 1.165) is 0 Å². The summed E-state index contributed by atoms with van der Waals surface area (Å²) in [5, 5.41) is 0. The summed E-state index contributed by atoms with van der Waals surface area (Å²) in [5.74, 6) is -1.55. The van der Waals surface area contributed by atoms with Crippen molar-refractivity contribution in [3.05, 3.63) is 30.3 Å². The molecule has 1 rings (SSSR count). The molecule has 0 aliphatic rings. The molecule has 0 amide bonds. The van der Waals surface area contributed by atoms with Gasteiger partial charge in [0.1, 0.15) is 6.04 Å². The van der Waals surface area contributed by atoms with Crippen LogP contribution in [0.1, 0.15) is 20.8 Å². The van der Waals surface area contributed by atoms with Crippen LogP contribution in [0.2, 0.25) is 0 Å². The van der Waals surface area contributed by atoms with Crippen LogP contribution in [0.25, 0.3) is 0 Å². The van der Waals surface area contributed by atoms with E-state index in [2.05, 4.69) is 4.72 Å². The lowest BCUT2D eigenvalue weighted by atomic mass is 10.4. The van der Waals surface area contributed by atoms with E-state index >= 15 is 0 Å². The lowest BCUT2D eigenvalue weighted by molar-refractivity contribution is -0.161. The largest absolute Gasteiger partial charge is 0.460 e. The molecule has 22 heavy (non-hydrogen) atoms. The Morgan fingerprint density at radius 2 is 1.73 bits per heavy atom. The van der Waals surface area contributed by atoms with Gasteiger partial charge in [0.05, 0.1) is 11.0 Å². The Bertz CT molecular complexity index is 611. The average molecular weight is 329 g/mol. The third-order valence-electron chi connectivity index (χ3n) is 2.44. The van der Waals surface area contributed by atoms with E-state index in [1.54, 1.807) is 32.0 Å². The second kappa shape index (κ2) is 7.90. The number of benzene rings is 1. The van der Waals surface area contributed by atoms with Gasteiger partial charge < -0.3 is 9.47 Å². The minimum atomic E-state index is -3.83. The molecule has 0 spiro atoms. The van der Waals surface area contributed by atoms with Gasteiger partial charge in [-0.05, 0) is 32.9 Å². The van der Waals surface area contributed by atoms with Gasteiger partial charge in [0, 0.05) is 0 Å². The molecule has 0 unspecified atom stereocenters. The van der Waals surface area contributed by atoms with Crippen LogP contribution in [0.3, 0.4) is 0 Å². The highest BCUT2D eigenvalue weighted by atomic mass is 32.2. The summed E-state index contributed by atoms with van der Waals surface area (Å²) in [6.07, 6.45) is -0.319. The van der Waals surface area contributed by atoms with Crippen LogP contribution in [-0.2, 0) is 29.1 Å². The highest BCUT2D eigenvalue weighted by Gasteiger charge is 2.23. The minimum absolute atomic E-state index is 0.0360. The fraction of sp³-hybridized carbons (Fsp3) is 0.429. The standard InChI is InChI=1S/C14H19NO6S/c1-10(2)21-13(16)9-20-14(17)11(3)15-22(18,19)12-7-5-4-6-8-12/h4-8,10-11,15H,9H2,1-3H3/t11-/m0/s1. The predicted octanol–water partition coefficient (Wildman–Crippen LogP) is 0.848. The predicted molar refractivity (Wildman–Crippen MR) is 78.4 cm³/mol. The Morgan fingerprint density at radius 3 is 2.27 bits per heavy atom. The summed E-state index contributed by atoms with van der Waals surface area (Å²) < 4.78 is 35.7. The monoisotopic (exact) mass is 329 g/mol. The van der Waals surface area contributed by atoms with Crippen molar-refractivity contribution < 1.29 is 27.5 Å². The van der Waals surface area contributed by atoms with E-state index in [1.165, 1.54) is 19.1 Å². The van der Waals surface area contributed by atoms with Crippen LogP contribution in [-0.4, -0.2) is 39.1 Å². The second-order valence-electron chi connectivity index (χ2n) is 4.80. The highest BCUT2D eigenvalue weighted by molar-refractivity contribution is 7.89. The molecular formula is C14H19NO6S. The first-order valence-electron chi connectivity index (χ1n) is 6.66. The Kier molecular flexibility index (Phi) is 6.51. The van der Waals surface area contributed by atoms with Crippen LogP contribution < -0.4 is 4.72 Å². The number of ether oxygens (including phenoxy) is 2. The van der Waals surface area contributed by atoms with Gasteiger partial charge in [-0.2, -0.15) is 4.72 Å². The van der Waals surface area contributed by atoms with Gasteiger partial charge >= 0.3 is 11.9 Å². The van der Waals surface area contributed by atoms with E-state index in [9.17, 15) is 18.0 Å². The first-order valence-corrected chi connectivity index (χ1v) is 8.14. The fourth-order valence-corrected chi connectivity index (χ4v) is 2.71. The molecule has 0 aliphatic heterocycles. The molecule has 0 heterocycles. The summed E-state index contributed by atoms with van der Waals surface area (Å²) in [4.78, 5) is 23.0. The summed E-state index contributed by atoms with van der Waals surface area (Å²) in [5.41, 5.74) is 0. The fourth-order valence-electron chi connectivity index (χ4n) is 1.50. The number of rotatable bonds is 7. The number of sulfonamides is 1. The smallest absolute Gasteiger partial charge is 0.344 e.